The van der Waals surface area contributed by atoms with Crippen molar-refractivity contribution in [2.45, 2.75) is 27.2 Å². The Hall–Kier alpha value is -3.87. The fourth-order valence-electron chi connectivity index (χ4n) is 4.10. The first-order chi connectivity index (χ1) is 21.0. The number of carbonyl (C=O) groups excluding carboxylic acids is 4. The van der Waals surface area contributed by atoms with Gasteiger partial charge >= 0.3 is 6.03 Å². The lowest BCUT2D eigenvalue weighted by atomic mass is 10.1. The molecule has 1 saturated heterocycles. The highest BCUT2D eigenvalue weighted by atomic mass is 79.9. The van der Waals surface area contributed by atoms with E-state index in [0.717, 1.165) is 16.9 Å². The van der Waals surface area contributed by atoms with Crippen LogP contribution in [0.2, 0.25) is 5.02 Å². The van der Waals surface area contributed by atoms with Crippen molar-refractivity contribution in [2.24, 2.45) is 0 Å². The van der Waals surface area contributed by atoms with E-state index in [1.54, 1.807) is 49.4 Å². The second kappa shape index (κ2) is 14.7. The fraction of sp³-hybridized carbons (Fsp3) is 0.226. The quantitative estimate of drug-likeness (QED) is 0.159. The summed E-state index contributed by atoms with van der Waals surface area (Å²) in [4.78, 5) is 52.3. The molecule has 0 spiro atoms. The zero-order valence-corrected chi connectivity index (χ0v) is 27.9. The highest BCUT2D eigenvalue weighted by Gasteiger charge is 2.37. The first kappa shape index (κ1) is 33.0. The molecule has 3 aromatic carbocycles. The van der Waals surface area contributed by atoms with Gasteiger partial charge in [0.15, 0.2) is 18.1 Å². The van der Waals surface area contributed by atoms with Gasteiger partial charge in [-0.3, -0.25) is 19.7 Å². The average molecular weight is 750 g/mol. The lowest BCUT2D eigenvalue weighted by molar-refractivity contribution is -0.122. The number of amides is 5. The van der Waals surface area contributed by atoms with E-state index >= 15 is 0 Å². The fourth-order valence-corrected chi connectivity index (χ4v) is 5.73. The SMILES string of the molecule is CCCOc1ccc(N2C(=O)NC(=O)/C(=C\c3cc(Br)c(OCC(=O)Nc4ccc(C)c(Cl)c4)c(Br)c3)C2=O)cc1OCC. The molecule has 13 heteroatoms. The van der Waals surface area contributed by atoms with E-state index in [9.17, 15) is 19.2 Å². The number of ether oxygens (including phenoxy) is 3. The maximum Gasteiger partial charge on any atom is 0.335 e. The number of halogens is 3. The van der Waals surface area contributed by atoms with E-state index < -0.39 is 23.8 Å². The Morgan fingerprint density at radius 2 is 1.70 bits per heavy atom. The third-order valence-electron chi connectivity index (χ3n) is 6.18. The van der Waals surface area contributed by atoms with Crippen molar-refractivity contribution in [3.8, 4) is 17.2 Å². The number of nitrogens with one attached hydrogen (secondary N) is 2. The smallest absolute Gasteiger partial charge is 0.335 e. The summed E-state index contributed by atoms with van der Waals surface area (Å²) < 4.78 is 18.0. The lowest BCUT2D eigenvalue weighted by Gasteiger charge is -2.27. The van der Waals surface area contributed by atoms with Crippen LogP contribution in [0.15, 0.2) is 63.0 Å². The molecule has 1 fully saturated rings. The Bertz CT molecular complexity index is 1640. The van der Waals surface area contributed by atoms with Crippen LogP contribution in [0.1, 0.15) is 31.4 Å². The van der Waals surface area contributed by atoms with Gasteiger partial charge < -0.3 is 19.5 Å². The van der Waals surface area contributed by atoms with Gasteiger partial charge in [0.1, 0.15) is 11.3 Å². The molecule has 230 valence electrons. The summed E-state index contributed by atoms with van der Waals surface area (Å²) in [5.41, 5.74) is 1.80. The molecule has 2 N–H and O–H groups in total. The van der Waals surface area contributed by atoms with Crippen LogP contribution in [0.25, 0.3) is 6.08 Å². The number of nitrogens with zero attached hydrogens (tertiary/aromatic N) is 1. The van der Waals surface area contributed by atoms with Crippen molar-refractivity contribution in [3.05, 3.63) is 79.2 Å². The number of barbiturate groups is 1. The van der Waals surface area contributed by atoms with Crippen LogP contribution in [0, 0.1) is 6.92 Å². The van der Waals surface area contributed by atoms with Crippen LogP contribution >= 0.6 is 43.5 Å². The minimum Gasteiger partial charge on any atom is -0.490 e. The van der Waals surface area contributed by atoms with Crippen molar-refractivity contribution in [3.63, 3.8) is 0 Å². The maximum atomic E-state index is 13.5. The Morgan fingerprint density at radius 1 is 0.977 bits per heavy atom. The molecular formula is C31H28Br2ClN3O7. The zero-order chi connectivity index (χ0) is 32.0. The molecule has 44 heavy (non-hydrogen) atoms. The van der Waals surface area contributed by atoms with Crippen LogP contribution in [0.5, 0.6) is 17.2 Å². The van der Waals surface area contributed by atoms with Gasteiger partial charge in [0, 0.05) is 16.8 Å². The van der Waals surface area contributed by atoms with E-state index in [-0.39, 0.29) is 17.9 Å². The summed E-state index contributed by atoms with van der Waals surface area (Å²) in [5, 5.41) is 5.46. The number of benzene rings is 3. The normalized spacial score (nSPS) is 14.0. The number of rotatable bonds is 11. The number of imide groups is 2. The number of aryl methyl sites for hydroxylation is 1. The molecule has 4 rings (SSSR count). The molecular weight excluding hydrogens is 722 g/mol. The van der Waals surface area contributed by atoms with E-state index in [1.165, 1.54) is 12.1 Å². The Balaban J connectivity index is 1.53. The molecule has 10 nitrogen and oxygen atoms in total. The zero-order valence-electron chi connectivity index (χ0n) is 24.0. The van der Waals surface area contributed by atoms with Crippen molar-refractivity contribution in [2.75, 3.05) is 30.0 Å². The topological polar surface area (TPSA) is 123 Å². The number of anilines is 2. The summed E-state index contributed by atoms with van der Waals surface area (Å²) in [6, 6.07) is 12.2. The minimum absolute atomic E-state index is 0.204. The number of hydrogen-bond acceptors (Lipinski definition) is 7. The van der Waals surface area contributed by atoms with Crippen LogP contribution < -0.4 is 29.7 Å². The molecule has 1 aliphatic heterocycles. The summed E-state index contributed by atoms with van der Waals surface area (Å²) in [5.74, 6) is -0.895. The average Bonchev–Trinajstić information content (AvgIpc) is 2.96. The standard InChI is InChI=1S/C31H28Br2ClN3O7/c1-4-10-43-25-9-8-20(15-26(25)42-5-2)37-30(40)21(29(39)36-31(37)41)11-18-12-22(32)28(23(33)13-18)44-16-27(38)35-19-7-6-17(3)24(34)14-19/h6-9,11-15H,4-5,10,16H2,1-3H3,(H,35,38)(H,36,39,41)/b21-11+. The first-order valence-electron chi connectivity index (χ1n) is 13.5. The third-order valence-corrected chi connectivity index (χ3v) is 7.77. The van der Waals surface area contributed by atoms with Gasteiger partial charge in [-0.15, -0.1) is 0 Å². The van der Waals surface area contributed by atoms with Gasteiger partial charge in [-0.25, -0.2) is 9.69 Å². The van der Waals surface area contributed by atoms with Crippen LogP contribution in [-0.4, -0.2) is 43.6 Å². The Morgan fingerprint density at radius 3 is 2.36 bits per heavy atom. The van der Waals surface area contributed by atoms with E-state index in [4.69, 9.17) is 25.8 Å². The molecule has 3 aromatic rings. The van der Waals surface area contributed by atoms with Crippen molar-refractivity contribution in [1.82, 2.24) is 5.32 Å². The lowest BCUT2D eigenvalue weighted by Crippen LogP contribution is -2.54. The molecule has 0 aliphatic carbocycles. The molecule has 0 bridgehead atoms. The summed E-state index contributed by atoms with van der Waals surface area (Å²) in [6.45, 7) is 6.14. The predicted molar refractivity (Wildman–Crippen MR) is 175 cm³/mol. The molecule has 0 radical (unpaired) electrons. The summed E-state index contributed by atoms with van der Waals surface area (Å²) >= 11 is 13.0. The van der Waals surface area contributed by atoms with Crippen LogP contribution in [0.3, 0.4) is 0 Å². The van der Waals surface area contributed by atoms with E-state index in [0.29, 0.717) is 55.7 Å². The Labute approximate surface area is 275 Å². The highest BCUT2D eigenvalue weighted by Crippen LogP contribution is 2.37. The van der Waals surface area contributed by atoms with Crippen LogP contribution in [-0.2, 0) is 14.4 Å². The molecule has 0 unspecified atom stereocenters. The molecule has 1 heterocycles. The third kappa shape index (κ3) is 7.79. The Kier molecular flexibility index (Phi) is 11.1. The molecule has 0 aromatic heterocycles. The molecule has 0 saturated carbocycles. The van der Waals surface area contributed by atoms with Gasteiger partial charge in [0.2, 0.25) is 0 Å². The second-order valence-electron chi connectivity index (χ2n) is 9.48. The van der Waals surface area contributed by atoms with Crippen molar-refractivity contribution >= 4 is 84.7 Å². The molecule has 0 atom stereocenters. The number of urea groups is 1. The second-order valence-corrected chi connectivity index (χ2v) is 11.6. The van der Waals surface area contributed by atoms with Gasteiger partial charge in [0.25, 0.3) is 17.7 Å². The highest BCUT2D eigenvalue weighted by molar-refractivity contribution is 9.11. The monoisotopic (exact) mass is 747 g/mol. The molecule has 5 amide bonds. The largest absolute Gasteiger partial charge is 0.490 e. The maximum absolute atomic E-state index is 13.5. The van der Waals surface area contributed by atoms with E-state index in [2.05, 4.69) is 42.5 Å². The predicted octanol–water partition coefficient (Wildman–Crippen LogP) is 7.04. The van der Waals surface area contributed by atoms with Crippen molar-refractivity contribution < 1.29 is 33.4 Å². The van der Waals surface area contributed by atoms with Gasteiger partial charge in [-0.05, 0) is 106 Å². The minimum atomic E-state index is -0.890. The summed E-state index contributed by atoms with van der Waals surface area (Å²) in [6.07, 6.45) is 2.14. The first-order valence-corrected chi connectivity index (χ1v) is 15.5. The van der Waals surface area contributed by atoms with Crippen LogP contribution in [0.4, 0.5) is 16.2 Å². The number of carbonyl (C=O) groups is 4. The van der Waals surface area contributed by atoms with E-state index in [1.807, 2.05) is 13.8 Å². The van der Waals surface area contributed by atoms with Gasteiger partial charge in [-0.2, -0.15) is 0 Å². The number of hydrogen-bond donors (Lipinski definition) is 2. The van der Waals surface area contributed by atoms with Crippen molar-refractivity contribution in [1.29, 1.82) is 0 Å². The van der Waals surface area contributed by atoms with Gasteiger partial charge in [-0.1, -0.05) is 24.6 Å². The molecule has 1 aliphatic rings. The summed E-state index contributed by atoms with van der Waals surface area (Å²) in [7, 11) is 0. The van der Waals surface area contributed by atoms with Gasteiger partial charge in [0.05, 0.1) is 27.8 Å².